The van der Waals surface area contributed by atoms with E-state index < -0.39 is 24.3 Å². The van der Waals surface area contributed by atoms with Crippen molar-refractivity contribution >= 4 is 34.7 Å². The Morgan fingerprint density at radius 2 is 1.87 bits per heavy atom. The minimum atomic E-state index is -1.06. The molecule has 0 bridgehead atoms. The number of methoxy groups -OCH3 is 1. The molecule has 7 heteroatoms. The third-order valence-electron chi connectivity index (χ3n) is 4.42. The maximum absolute atomic E-state index is 12.9. The number of Topliss-reactive ketones (excluding diaryl/α,β-unsaturated/α-hetero) is 1. The van der Waals surface area contributed by atoms with E-state index in [0.29, 0.717) is 21.9 Å². The van der Waals surface area contributed by atoms with E-state index in [-0.39, 0.29) is 5.57 Å². The predicted octanol–water partition coefficient (Wildman–Crippen LogP) is 4.42. The Kier molecular flexibility index (Phi) is 7.31. The summed E-state index contributed by atoms with van der Waals surface area (Å²) >= 11 is 1.23. The van der Waals surface area contributed by atoms with Crippen LogP contribution in [0.5, 0.6) is 5.75 Å². The van der Waals surface area contributed by atoms with Crippen LogP contribution in [0, 0.1) is 18.3 Å². The Morgan fingerprint density at radius 3 is 2.52 bits per heavy atom. The summed E-state index contributed by atoms with van der Waals surface area (Å²) in [5.74, 6) is -1.65. The molecule has 3 rings (SSSR count). The smallest absolute Gasteiger partial charge is 0.339 e. The van der Waals surface area contributed by atoms with Crippen molar-refractivity contribution in [2.75, 3.05) is 13.7 Å². The second-order valence-corrected chi connectivity index (χ2v) is 7.49. The van der Waals surface area contributed by atoms with Gasteiger partial charge in [-0.1, -0.05) is 48.5 Å². The monoisotopic (exact) mass is 432 g/mol. The average Bonchev–Trinajstić information content (AvgIpc) is 3.22. The molecule has 3 aromatic rings. The third kappa shape index (κ3) is 5.44. The van der Waals surface area contributed by atoms with Crippen molar-refractivity contribution in [2.45, 2.75) is 12.8 Å². The molecule has 1 aromatic heterocycles. The molecule has 31 heavy (non-hydrogen) atoms. The van der Waals surface area contributed by atoms with E-state index >= 15 is 0 Å². The van der Waals surface area contributed by atoms with E-state index in [1.165, 1.54) is 11.3 Å². The number of hydrogen-bond donors (Lipinski definition) is 0. The zero-order valence-electron chi connectivity index (χ0n) is 17.1. The van der Waals surface area contributed by atoms with Crippen molar-refractivity contribution in [3.8, 4) is 11.8 Å². The minimum absolute atomic E-state index is 0.275. The number of ether oxygens (including phenoxy) is 2. The lowest BCUT2D eigenvalue weighted by atomic mass is 10.0. The number of hydrogen-bond acceptors (Lipinski definition) is 7. The van der Waals surface area contributed by atoms with Gasteiger partial charge in [0.05, 0.1) is 18.8 Å². The van der Waals surface area contributed by atoms with Gasteiger partial charge in [-0.05, 0) is 24.6 Å². The molecule has 0 spiro atoms. The first kappa shape index (κ1) is 21.9. The van der Waals surface area contributed by atoms with Crippen LogP contribution in [0.2, 0.25) is 0 Å². The van der Waals surface area contributed by atoms with Crippen LogP contribution >= 0.6 is 11.3 Å². The lowest BCUT2D eigenvalue weighted by molar-refractivity contribution is -0.142. The molecule has 0 aliphatic rings. The van der Waals surface area contributed by atoms with Gasteiger partial charge in [0, 0.05) is 16.6 Å². The fourth-order valence-corrected chi connectivity index (χ4v) is 3.75. The second-order valence-electron chi connectivity index (χ2n) is 6.60. The predicted molar refractivity (Wildman–Crippen MR) is 118 cm³/mol. The highest BCUT2D eigenvalue weighted by atomic mass is 32.1. The molecule has 0 radical (unpaired) electrons. The molecule has 0 aliphatic heterocycles. The van der Waals surface area contributed by atoms with Gasteiger partial charge >= 0.3 is 5.97 Å². The normalized spacial score (nSPS) is 12.0. The first-order chi connectivity index (χ1) is 15.0. The van der Waals surface area contributed by atoms with Crippen molar-refractivity contribution in [1.29, 1.82) is 5.26 Å². The minimum Gasteiger partial charge on any atom is -0.496 e. The molecular weight excluding hydrogens is 412 g/mol. The lowest BCUT2D eigenvalue weighted by Crippen LogP contribution is -2.20. The topological polar surface area (TPSA) is 89.3 Å². The fourth-order valence-electron chi connectivity index (χ4n) is 2.89. The molecule has 0 saturated heterocycles. The molecule has 1 unspecified atom stereocenters. The van der Waals surface area contributed by atoms with Crippen LogP contribution in [0.4, 0.5) is 0 Å². The first-order valence-electron chi connectivity index (χ1n) is 9.45. The summed E-state index contributed by atoms with van der Waals surface area (Å²) < 4.78 is 10.7. The fraction of sp³-hybridized carbons (Fsp3) is 0.167. The molecule has 0 aliphatic carbocycles. The summed E-state index contributed by atoms with van der Waals surface area (Å²) in [7, 11) is 1.55. The number of thiazole rings is 1. The Labute approximate surface area is 184 Å². The Hall–Kier alpha value is -3.76. The number of ketones is 1. The van der Waals surface area contributed by atoms with Gasteiger partial charge in [0.25, 0.3) is 0 Å². The molecule has 1 heterocycles. The number of nitriles is 1. The SMILES string of the molecule is COc1ccccc1/C=C(/C(=O)OCC(=O)C(C#N)c1nc(C)cs1)c1ccccc1. The average molecular weight is 433 g/mol. The third-order valence-corrected chi connectivity index (χ3v) is 5.45. The number of para-hydroxylation sites is 1. The van der Waals surface area contributed by atoms with Gasteiger partial charge in [0.2, 0.25) is 0 Å². The summed E-state index contributed by atoms with van der Waals surface area (Å²) in [5.41, 5.74) is 2.34. The summed E-state index contributed by atoms with van der Waals surface area (Å²) in [4.78, 5) is 29.7. The highest BCUT2D eigenvalue weighted by molar-refractivity contribution is 7.09. The molecule has 0 saturated carbocycles. The highest BCUT2D eigenvalue weighted by Crippen LogP contribution is 2.26. The molecule has 2 aromatic carbocycles. The molecule has 1 atom stereocenters. The zero-order chi connectivity index (χ0) is 22.2. The Morgan fingerprint density at radius 1 is 1.16 bits per heavy atom. The summed E-state index contributed by atoms with van der Waals surface area (Å²) in [6.45, 7) is 1.26. The first-order valence-corrected chi connectivity index (χ1v) is 10.3. The van der Waals surface area contributed by atoms with Crippen LogP contribution in [0.25, 0.3) is 11.6 Å². The van der Waals surface area contributed by atoms with Crippen molar-refractivity contribution in [1.82, 2.24) is 4.98 Å². The van der Waals surface area contributed by atoms with E-state index in [9.17, 15) is 14.9 Å². The van der Waals surface area contributed by atoms with Gasteiger partial charge in [-0.3, -0.25) is 4.79 Å². The van der Waals surface area contributed by atoms with E-state index in [1.54, 1.807) is 55.8 Å². The van der Waals surface area contributed by atoms with Crippen molar-refractivity contribution in [2.24, 2.45) is 0 Å². The number of carbonyl (C=O) groups is 2. The molecule has 0 N–H and O–H groups in total. The van der Waals surface area contributed by atoms with E-state index in [1.807, 2.05) is 30.3 Å². The zero-order valence-corrected chi connectivity index (χ0v) is 17.9. The molecule has 156 valence electrons. The van der Waals surface area contributed by atoms with Crippen LogP contribution in [0.1, 0.15) is 27.7 Å². The molecule has 0 fully saturated rings. The van der Waals surface area contributed by atoms with Crippen molar-refractivity contribution in [3.05, 3.63) is 81.8 Å². The van der Waals surface area contributed by atoms with Gasteiger partial charge in [0.15, 0.2) is 18.3 Å². The second kappa shape index (κ2) is 10.3. The van der Waals surface area contributed by atoms with Crippen LogP contribution in [0.15, 0.2) is 60.0 Å². The number of aromatic nitrogens is 1. The molecular formula is C24H20N2O4S. The van der Waals surface area contributed by atoms with Crippen LogP contribution < -0.4 is 4.74 Å². The van der Waals surface area contributed by atoms with E-state index in [4.69, 9.17) is 9.47 Å². The number of nitrogens with zero attached hydrogens (tertiary/aromatic N) is 2. The van der Waals surface area contributed by atoms with Crippen molar-refractivity contribution in [3.63, 3.8) is 0 Å². The standard InChI is InChI=1S/C24H20N2O4S/c1-16-15-31-23(26-16)20(13-25)21(27)14-30-24(28)19(17-8-4-3-5-9-17)12-18-10-6-7-11-22(18)29-2/h3-12,15,20H,14H2,1-2H3/b19-12+. The van der Waals surface area contributed by atoms with Crippen LogP contribution in [-0.2, 0) is 14.3 Å². The number of esters is 1. The van der Waals surface area contributed by atoms with Gasteiger partial charge in [-0.15, -0.1) is 11.3 Å². The largest absolute Gasteiger partial charge is 0.496 e. The van der Waals surface area contributed by atoms with Gasteiger partial charge in [-0.25, -0.2) is 9.78 Å². The van der Waals surface area contributed by atoms with E-state index in [2.05, 4.69) is 4.98 Å². The van der Waals surface area contributed by atoms with E-state index in [0.717, 1.165) is 5.69 Å². The highest BCUT2D eigenvalue weighted by Gasteiger charge is 2.25. The maximum atomic E-state index is 12.9. The maximum Gasteiger partial charge on any atom is 0.339 e. The number of benzene rings is 2. The number of rotatable bonds is 8. The van der Waals surface area contributed by atoms with Crippen LogP contribution in [0.3, 0.4) is 0 Å². The van der Waals surface area contributed by atoms with Gasteiger partial charge < -0.3 is 9.47 Å². The molecule has 6 nitrogen and oxygen atoms in total. The Balaban J connectivity index is 1.83. The quantitative estimate of drug-likeness (QED) is 0.297. The Bertz CT molecular complexity index is 1150. The lowest BCUT2D eigenvalue weighted by Gasteiger charge is -2.11. The van der Waals surface area contributed by atoms with Crippen molar-refractivity contribution < 1.29 is 19.1 Å². The van der Waals surface area contributed by atoms with Gasteiger partial charge in [-0.2, -0.15) is 5.26 Å². The van der Waals surface area contributed by atoms with Gasteiger partial charge in [0.1, 0.15) is 10.8 Å². The number of carbonyl (C=O) groups excluding carboxylic acids is 2. The molecule has 0 amide bonds. The summed E-state index contributed by atoms with van der Waals surface area (Å²) in [6.07, 6.45) is 1.66. The van der Waals surface area contributed by atoms with Crippen LogP contribution in [-0.4, -0.2) is 30.5 Å². The summed E-state index contributed by atoms with van der Waals surface area (Å²) in [5, 5.41) is 11.6. The number of aryl methyl sites for hydroxylation is 1. The summed E-state index contributed by atoms with van der Waals surface area (Å²) in [6, 6.07) is 18.2.